The number of fused-ring (bicyclic) bond motifs is 1. The van der Waals surface area contributed by atoms with Crippen molar-refractivity contribution in [2.75, 3.05) is 6.61 Å². The van der Waals surface area contributed by atoms with Gasteiger partial charge < -0.3 is 15.2 Å². The Kier molecular flexibility index (Phi) is 2.60. The third-order valence-corrected chi connectivity index (χ3v) is 2.27. The fourth-order valence-electron chi connectivity index (χ4n) is 1.45. The van der Waals surface area contributed by atoms with Crippen molar-refractivity contribution >= 4 is 5.78 Å². The van der Waals surface area contributed by atoms with Crippen LogP contribution >= 0.6 is 0 Å². The molecule has 2 atom stereocenters. The van der Waals surface area contributed by atoms with Crippen LogP contribution in [-0.2, 0) is 4.79 Å². The molecule has 0 amide bonds. The number of rotatable bonds is 2. The van der Waals surface area contributed by atoms with Gasteiger partial charge in [-0.1, -0.05) is 12.1 Å². The number of hydrogen-bond donors (Lipinski definition) is 1. The van der Waals surface area contributed by atoms with Crippen molar-refractivity contribution in [1.82, 2.24) is 0 Å². The molecule has 1 aromatic rings. The lowest BCUT2D eigenvalue weighted by atomic mass is 10.1. The van der Waals surface area contributed by atoms with Crippen LogP contribution < -0.4 is 15.2 Å². The lowest BCUT2D eigenvalue weighted by molar-refractivity contribution is -0.129. The normalized spacial score (nSPS) is 20.8. The second-order valence-corrected chi connectivity index (χ2v) is 3.56. The average molecular weight is 207 g/mol. The van der Waals surface area contributed by atoms with Crippen LogP contribution in [0, 0.1) is 0 Å². The van der Waals surface area contributed by atoms with Gasteiger partial charge >= 0.3 is 0 Å². The maximum Gasteiger partial charge on any atom is 0.193 e. The second-order valence-electron chi connectivity index (χ2n) is 3.56. The molecule has 0 fully saturated rings. The van der Waals surface area contributed by atoms with Crippen LogP contribution in [0.1, 0.15) is 6.92 Å². The van der Waals surface area contributed by atoms with Gasteiger partial charge in [0.25, 0.3) is 0 Å². The molecule has 0 saturated carbocycles. The van der Waals surface area contributed by atoms with Gasteiger partial charge in [0.15, 0.2) is 23.4 Å². The second kappa shape index (κ2) is 3.90. The zero-order valence-corrected chi connectivity index (χ0v) is 8.47. The number of nitrogens with two attached hydrogens (primary N) is 1. The first-order valence-corrected chi connectivity index (χ1v) is 4.86. The highest BCUT2D eigenvalue weighted by molar-refractivity contribution is 5.88. The van der Waals surface area contributed by atoms with Crippen molar-refractivity contribution < 1.29 is 14.3 Å². The summed E-state index contributed by atoms with van der Waals surface area (Å²) in [6, 6.07) is 6.75. The van der Waals surface area contributed by atoms with E-state index in [1.807, 2.05) is 18.2 Å². The number of Topliss-reactive ketones (excluding diaryl/α,β-unsaturated/α-hetero) is 1. The van der Waals surface area contributed by atoms with E-state index in [0.29, 0.717) is 11.5 Å². The molecule has 15 heavy (non-hydrogen) atoms. The highest BCUT2D eigenvalue weighted by Gasteiger charge is 2.28. The molecule has 2 N–H and O–H groups in total. The average Bonchev–Trinajstić information content (AvgIpc) is 2.27. The zero-order valence-electron chi connectivity index (χ0n) is 8.47. The Morgan fingerprint density at radius 3 is 2.80 bits per heavy atom. The molecule has 2 unspecified atom stereocenters. The quantitative estimate of drug-likeness (QED) is 0.777. The van der Waals surface area contributed by atoms with E-state index in [1.165, 1.54) is 0 Å². The van der Waals surface area contributed by atoms with Gasteiger partial charge in [-0.3, -0.25) is 4.79 Å². The molecule has 2 rings (SSSR count). The molecule has 1 aromatic carbocycles. The third-order valence-electron chi connectivity index (χ3n) is 2.27. The first-order valence-electron chi connectivity index (χ1n) is 4.86. The van der Waals surface area contributed by atoms with Crippen molar-refractivity contribution in [3.05, 3.63) is 24.3 Å². The number of carbonyl (C=O) groups excluding carboxylic acids is 1. The van der Waals surface area contributed by atoms with Gasteiger partial charge in [0, 0.05) is 0 Å². The predicted molar refractivity (Wildman–Crippen MR) is 55.0 cm³/mol. The Balaban J connectivity index is 2.15. The Bertz CT molecular complexity index is 376. The monoisotopic (exact) mass is 207 g/mol. The van der Waals surface area contributed by atoms with Crippen LogP contribution in [0.4, 0.5) is 0 Å². The van der Waals surface area contributed by atoms with Crippen molar-refractivity contribution in [1.29, 1.82) is 0 Å². The number of para-hydroxylation sites is 2. The van der Waals surface area contributed by atoms with Crippen LogP contribution in [0.15, 0.2) is 24.3 Å². The molecule has 1 heterocycles. The molecule has 1 aliphatic heterocycles. The molecule has 4 nitrogen and oxygen atoms in total. The SMILES string of the molecule is CC(N)C(=O)C1COc2ccccc2O1. The molecule has 4 heteroatoms. The minimum atomic E-state index is -0.583. The molecule has 80 valence electrons. The van der Waals surface area contributed by atoms with Gasteiger partial charge in [-0.05, 0) is 19.1 Å². The summed E-state index contributed by atoms with van der Waals surface area (Å²) in [5.74, 6) is 1.14. The first-order chi connectivity index (χ1) is 7.18. The van der Waals surface area contributed by atoms with Crippen molar-refractivity contribution in [2.45, 2.75) is 19.1 Å². The topological polar surface area (TPSA) is 61.6 Å². The summed E-state index contributed by atoms with van der Waals surface area (Å²) >= 11 is 0. The van der Waals surface area contributed by atoms with Crippen molar-refractivity contribution in [3.63, 3.8) is 0 Å². The maximum absolute atomic E-state index is 11.6. The molecule has 0 bridgehead atoms. The van der Waals surface area contributed by atoms with Crippen LogP contribution in [0.3, 0.4) is 0 Å². The summed E-state index contributed by atoms with van der Waals surface area (Å²) in [4.78, 5) is 11.6. The molecule has 0 aromatic heterocycles. The molecular formula is C11H13NO3. The minimum absolute atomic E-state index is 0.135. The Hall–Kier alpha value is -1.55. The minimum Gasteiger partial charge on any atom is -0.485 e. The van der Waals surface area contributed by atoms with Crippen molar-refractivity contribution in [2.24, 2.45) is 5.73 Å². The summed E-state index contributed by atoms with van der Waals surface area (Å²) in [6.45, 7) is 1.88. The van der Waals surface area contributed by atoms with Crippen LogP contribution in [-0.4, -0.2) is 24.5 Å². The van der Waals surface area contributed by atoms with E-state index in [2.05, 4.69) is 0 Å². The van der Waals surface area contributed by atoms with Crippen LogP contribution in [0.5, 0.6) is 11.5 Å². The van der Waals surface area contributed by atoms with Gasteiger partial charge in [0.1, 0.15) is 6.61 Å². The predicted octanol–water partition coefficient (Wildman–Crippen LogP) is 0.743. The zero-order chi connectivity index (χ0) is 10.8. The van der Waals surface area contributed by atoms with E-state index in [9.17, 15) is 4.79 Å². The van der Waals surface area contributed by atoms with E-state index in [1.54, 1.807) is 13.0 Å². The fraction of sp³-hybridized carbons (Fsp3) is 0.364. The van der Waals surface area contributed by atoms with Crippen molar-refractivity contribution in [3.8, 4) is 11.5 Å². The number of benzene rings is 1. The van der Waals surface area contributed by atoms with Gasteiger partial charge in [0.2, 0.25) is 0 Å². The highest BCUT2D eigenvalue weighted by atomic mass is 16.6. The van der Waals surface area contributed by atoms with Crippen LogP contribution in [0.2, 0.25) is 0 Å². The Morgan fingerprint density at radius 1 is 1.47 bits per heavy atom. The molecule has 0 spiro atoms. The summed E-state index contributed by atoms with van der Waals surface area (Å²) in [5, 5.41) is 0. The van der Waals surface area contributed by atoms with E-state index in [-0.39, 0.29) is 12.4 Å². The molecule has 0 aliphatic carbocycles. The van der Waals surface area contributed by atoms with E-state index < -0.39 is 12.1 Å². The van der Waals surface area contributed by atoms with Gasteiger partial charge in [-0.2, -0.15) is 0 Å². The number of carbonyl (C=O) groups is 1. The summed E-state index contributed by atoms with van der Waals surface area (Å²) in [5.41, 5.74) is 5.50. The summed E-state index contributed by atoms with van der Waals surface area (Å²) in [6.07, 6.45) is -0.583. The summed E-state index contributed by atoms with van der Waals surface area (Å²) in [7, 11) is 0. The fourth-order valence-corrected chi connectivity index (χ4v) is 1.45. The third kappa shape index (κ3) is 1.94. The highest BCUT2D eigenvalue weighted by Crippen LogP contribution is 2.31. The number of ether oxygens (including phenoxy) is 2. The lowest BCUT2D eigenvalue weighted by Gasteiger charge is -2.26. The first kappa shape index (κ1) is 9.98. The van der Waals surface area contributed by atoms with E-state index >= 15 is 0 Å². The van der Waals surface area contributed by atoms with Gasteiger partial charge in [-0.25, -0.2) is 0 Å². The Labute approximate surface area is 88.0 Å². The molecular weight excluding hydrogens is 194 g/mol. The molecule has 1 aliphatic rings. The lowest BCUT2D eigenvalue weighted by Crippen LogP contribution is -2.44. The molecule has 0 radical (unpaired) electrons. The van der Waals surface area contributed by atoms with E-state index in [4.69, 9.17) is 15.2 Å². The van der Waals surface area contributed by atoms with Gasteiger partial charge in [-0.15, -0.1) is 0 Å². The van der Waals surface area contributed by atoms with E-state index in [0.717, 1.165) is 0 Å². The molecule has 0 saturated heterocycles. The largest absolute Gasteiger partial charge is 0.485 e. The number of ketones is 1. The maximum atomic E-state index is 11.6. The van der Waals surface area contributed by atoms with Gasteiger partial charge in [0.05, 0.1) is 6.04 Å². The smallest absolute Gasteiger partial charge is 0.193 e. The summed E-state index contributed by atoms with van der Waals surface area (Å²) < 4.78 is 10.9. The Morgan fingerprint density at radius 2 is 2.13 bits per heavy atom. The number of hydrogen-bond acceptors (Lipinski definition) is 4. The van der Waals surface area contributed by atoms with Crippen LogP contribution in [0.25, 0.3) is 0 Å². The standard InChI is InChI=1S/C11H13NO3/c1-7(12)11(13)10-6-14-8-4-2-3-5-9(8)15-10/h2-5,7,10H,6,12H2,1H3.